The predicted molar refractivity (Wildman–Crippen MR) is 66.6 cm³/mol. The van der Waals surface area contributed by atoms with Crippen LogP contribution in [0.1, 0.15) is 56.7 Å². The van der Waals surface area contributed by atoms with Crippen molar-refractivity contribution in [1.82, 2.24) is 9.97 Å². The molecule has 0 atom stereocenters. The fourth-order valence-corrected chi connectivity index (χ4v) is 2.42. The van der Waals surface area contributed by atoms with E-state index in [0.29, 0.717) is 5.92 Å². The summed E-state index contributed by atoms with van der Waals surface area (Å²) in [6.07, 6.45) is 11.2. The van der Waals surface area contributed by atoms with E-state index < -0.39 is 0 Å². The third-order valence-corrected chi connectivity index (χ3v) is 3.40. The zero-order valence-electron chi connectivity index (χ0n) is 10.1. The van der Waals surface area contributed by atoms with Crippen LogP contribution in [0.15, 0.2) is 12.3 Å². The first-order valence-electron chi connectivity index (χ1n) is 6.41. The molecule has 0 aromatic carbocycles. The Labute approximate surface area is 97.7 Å². The van der Waals surface area contributed by atoms with Crippen molar-refractivity contribution in [3.8, 4) is 0 Å². The smallest absolute Gasteiger partial charge is 0.133 e. The van der Waals surface area contributed by atoms with Crippen LogP contribution >= 0.6 is 0 Å². The molecule has 88 valence electrons. The molecule has 1 aliphatic carbocycles. The van der Waals surface area contributed by atoms with Gasteiger partial charge < -0.3 is 5.32 Å². The molecule has 0 bridgehead atoms. The van der Waals surface area contributed by atoms with Crippen LogP contribution in [0.4, 0.5) is 5.82 Å². The maximum Gasteiger partial charge on any atom is 0.133 e. The van der Waals surface area contributed by atoms with Gasteiger partial charge in [0.15, 0.2) is 0 Å². The van der Waals surface area contributed by atoms with E-state index in [9.17, 15) is 0 Å². The van der Waals surface area contributed by atoms with Crippen LogP contribution < -0.4 is 5.32 Å². The average Bonchev–Trinajstić information content (AvgIpc) is 2.29. The monoisotopic (exact) mass is 219 g/mol. The molecule has 16 heavy (non-hydrogen) atoms. The molecule has 0 radical (unpaired) electrons. The Hall–Kier alpha value is -1.12. The van der Waals surface area contributed by atoms with Gasteiger partial charge in [0.2, 0.25) is 0 Å². The molecule has 1 aliphatic rings. The normalized spacial score (nSPS) is 18.8. The van der Waals surface area contributed by atoms with Gasteiger partial charge in [0.25, 0.3) is 0 Å². The van der Waals surface area contributed by atoms with Gasteiger partial charge in [-0.1, -0.05) is 32.1 Å². The summed E-state index contributed by atoms with van der Waals surface area (Å²) in [7, 11) is 1.91. The number of rotatable bonds is 2. The van der Waals surface area contributed by atoms with E-state index in [0.717, 1.165) is 11.6 Å². The molecule has 0 amide bonds. The van der Waals surface area contributed by atoms with E-state index in [1.807, 2.05) is 19.3 Å². The SMILES string of the molecule is CNc1ccnc(C2CCCCCCC2)n1. The number of anilines is 1. The number of hydrogen-bond acceptors (Lipinski definition) is 3. The Morgan fingerprint density at radius 2 is 1.81 bits per heavy atom. The van der Waals surface area contributed by atoms with Crippen molar-refractivity contribution in [2.45, 2.75) is 50.9 Å². The van der Waals surface area contributed by atoms with Crippen molar-refractivity contribution in [1.29, 1.82) is 0 Å². The molecule has 3 nitrogen and oxygen atoms in total. The first kappa shape index (κ1) is 11.4. The van der Waals surface area contributed by atoms with Gasteiger partial charge in [0.1, 0.15) is 11.6 Å². The fourth-order valence-electron chi connectivity index (χ4n) is 2.42. The summed E-state index contributed by atoms with van der Waals surface area (Å²) in [6.45, 7) is 0. The van der Waals surface area contributed by atoms with Gasteiger partial charge in [-0.05, 0) is 18.9 Å². The Bertz CT molecular complexity index is 317. The molecule has 1 aromatic rings. The van der Waals surface area contributed by atoms with Gasteiger partial charge in [-0.25, -0.2) is 9.97 Å². The van der Waals surface area contributed by atoms with E-state index in [2.05, 4.69) is 15.3 Å². The Balaban J connectivity index is 2.07. The minimum absolute atomic E-state index is 0.577. The van der Waals surface area contributed by atoms with Crippen molar-refractivity contribution < 1.29 is 0 Å². The van der Waals surface area contributed by atoms with Gasteiger partial charge in [0.05, 0.1) is 0 Å². The molecule has 2 rings (SSSR count). The molecule has 0 aliphatic heterocycles. The number of nitrogens with zero attached hydrogens (tertiary/aromatic N) is 2. The third-order valence-electron chi connectivity index (χ3n) is 3.40. The van der Waals surface area contributed by atoms with Crippen molar-refractivity contribution in [2.24, 2.45) is 0 Å². The summed E-state index contributed by atoms with van der Waals surface area (Å²) in [5, 5.41) is 3.08. The quantitative estimate of drug-likeness (QED) is 0.829. The minimum Gasteiger partial charge on any atom is -0.373 e. The summed E-state index contributed by atoms with van der Waals surface area (Å²) in [5.74, 6) is 2.55. The lowest BCUT2D eigenvalue weighted by Crippen LogP contribution is -2.08. The number of aromatic nitrogens is 2. The second kappa shape index (κ2) is 5.83. The molecular formula is C13H21N3. The highest BCUT2D eigenvalue weighted by Gasteiger charge is 2.16. The first-order chi connectivity index (χ1) is 7.90. The lowest BCUT2D eigenvalue weighted by molar-refractivity contribution is 0.442. The van der Waals surface area contributed by atoms with Gasteiger partial charge in [-0.2, -0.15) is 0 Å². The molecule has 1 N–H and O–H groups in total. The average molecular weight is 219 g/mol. The number of hydrogen-bond donors (Lipinski definition) is 1. The molecular weight excluding hydrogens is 198 g/mol. The lowest BCUT2D eigenvalue weighted by atomic mass is 9.90. The van der Waals surface area contributed by atoms with Crippen LogP contribution in [0.2, 0.25) is 0 Å². The van der Waals surface area contributed by atoms with Crippen LogP contribution in [-0.2, 0) is 0 Å². The van der Waals surface area contributed by atoms with E-state index in [1.165, 1.54) is 44.9 Å². The third kappa shape index (κ3) is 2.94. The zero-order valence-corrected chi connectivity index (χ0v) is 10.1. The standard InChI is InChI=1S/C13H21N3/c1-14-12-9-10-15-13(16-12)11-7-5-3-2-4-6-8-11/h9-11H,2-8H2,1H3,(H,14,15,16). The fraction of sp³-hybridized carbons (Fsp3) is 0.692. The Morgan fingerprint density at radius 1 is 1.12 bits per heavy atom. The summed E-state index contributed by atoms with van der Waals surface area (Å²) in [6, 6.07) is 1.92. The minimum atomic E-state index is 0.577. The van der Waals surface area contributed by atoms with E-state index in [4.69, 9.17) is 0 Å². The number of nitrogens with one attached hydrogen (secondary N) is 1. The van der Waals surface area contributed by atoms with Crippen molar-refractivity contribution in [2.75, 3.05) is 12.4 Å². The van der Waals surface area contributed by atoms with Crippen molar-refractivity contribution >= 4 is 5.82 Å². The van der Waals surface area contributed by atoms with Crippen LogP contribution in [0.3, 0.4) is 0 Å². The van der Waals surface area contributed by atoms with Crippen molar-refractivity contribution in [3.63, 3.8) is 0 Å². The van der Waals surface area contributed by atoms with E-state index >= 15 is 0 Å². The Kier molecular flexibility index (Phi) is 4.14. The molecule has 0 unspecified atom stereocenters. The molecule has 1 aromatic heterocycles. The summed E-state index contributed by atoms with van der Waals surface area (Å²) >= 11 is 0. The predicted octanol–water partition coefficient (Wildman–Crippen LogP) is 3.35. The first-order valence-corrected chi connectivity index (χ1v) is 6.41. The molecule has 0 saturated heterocycles. The van der Waals surface area contributed by atoms with Gasteiger partial charge >= 0.3 is 0 Å². The molecule has 0 spiro atoms. The summed E-state index contributed by atoms with van der Waals surface area (Å²) < 4.78 is 0. The maximum absolute atomic E-state index is 4.56. The van der Waals surface area contributed by atoms with E-state index in [-0.39, 0.29) is 0 Å². The maximum atomic E-state index is 4.56. The van der Waals surface area contributed by atoms with Crippen LogP contribution in [0.5, 0.6) is 0 Å². The summed E-state index contributed by atoms with van der Waals surface area (Å²) in [4.78, 5) is 9.00. The highest BCUT2D eigenvalue weighted by Crippen LogP contribution is 2.28. The van der Waals surface area contributed by atoms with Gasteiger partial charge in [-0.3, -0.25) is 0 Å². The lowest BCUT2D eigenvalue weighted by Gasteiger charge is -2.18. The molecule has 1 heterocycles. The van der Waals surface area contributed by atoms with Crippen LogP contribution in [0, 0.1) is 0 Å². The molecule has 1 fully saturated rings. The Morgan fingerprint density at radius 3 is 2.50 bits per heavy atom. The molecule has 1 saturated carbocycles. The largest absolute Gasteiger partial charge is 0.373 e. The zero-order chi connectivity index (χ0) is 11.2. The second-order valence-corrected chi connectivity index (χ2v) is 4.59. The highest BCUT2D eigenvalue weighted by molar-refractivity contribution is 5.32. The van der Waals surface area contributed by atoms with Crippen LogP contribution in [-0.4, -0.2) is 17.0 Å². The van der Waals surface area contributed by atoms with E-state index in [1.54, 1.807) is 0 Å². The molecule has 3 heteroatoms. The highest BCUT2D eigenvalue weighted by atomic mass is 15.0. The van der Waals surface area contributed by atoms with Crippen molar-refractivity contribution in [3.05, 3.63) is 18.1 Å². The summed E-state index contributed by atoms with van der Waals surface area (Å²) in [5.41, 5.74) is 0. The van der Waals surface area contributed by atoms with Gasteiger partial charge in [0, 0.05) is 19.2 Å². The second-order valence-electron chi connectivity index (χ2n) is 4.59. The topological polar surface area (TPSA) is 37.8 Å². The van der Waals surface area contributed by atoms with Gasteiger partial charge in [-0.15, -0.1) is 0 Å². The van der Waals surface area contributed by atoms with Crippen LogP contribution in [0.25, 0.3) is 0 Å².